The number of nitrogens with zero attached hydrogens (tertiary/aromatic N) is 2. The summed E-state index contributed by atoms with van der Waals surface area (Å²) in [5.41, 5.74) is 2.32. The number of fused-ring (bicyclic) bond motifs is 1. The Kier molecular flexibility index (Phi) is 3.34. The van der Waals surface area contributed by atoms with Crippen LogP contribution in [0.25, 0.3) is 10.9 Å². The Bertz CT molecular complexity index is 577. The molecule has 0 aliphatic heterocycles. The fourth-order valence-electron chi connectivity index (χ4n) is 1.78. The first kappa shape index (κ1) is 12.6. The number of nitrogens with one attached hydrogen (secondary N) is 1. The number of benzene rings is 1. The van der Waals surface area contributed by atoms with Gasteiger partial charge in [-0.3, -0.25) is 9.89 Å². The molecule has 0 radical (unpaired) electrons. The van der Waals surface area contributed by atoms with Gasteiger partial charge in [0.25, 0.3) is 5.91 Å². The van der Waals surface area contributed by atoms with Crippen LogP contribution in [0.4, 0.5) is 0 Å². The lowest BCUT2D eigenvalue weighted by molar-refractivity contribution is 0.0678. The number of aliphatic hydroxyl groups is 1. The van der Waals surface area contributed by atoms with Crippen molar-refractivity contribution in [3.8, 4) is 0 Å². The first-order valence-corrected chi connectivity index (χ1v) is 5.87. The van der Waals surface area contributed by atoms with Crippen LogP contribution in [0.5, 0.6) is 0 Å². The molecule has 1 heterocycles. The largest absolute Gasteiger partial charge is 0.394 e. The highest BCUT2D eigenvalue weighted by Gasteiger charge is 2.21. The molecule has 2 N–H and O–H groups in total. The number of aromatic amines is 1. The van der Waals surface area contributed by atoms with Crippen molar-refractivity contribution < 1.29 is 9.90 Å². The zero-order valence-electron chi connectivity index (χ0n) is 10.8. The van der Waals surface area contributed by atoms with E-state index in [9.17, 15) is 4.79 Å². The molecule has 0 aliphatic carbocycles. The Balaban J connectivity index is 2.42. The van der Waals surface area contributed by atoms with Gasteiger partial charge >= 0.3 is 0 Å². The van der Waals surface area contributed by atoms with Crippen LogP contribution in [-0.4, -0.2) is 45.8 Å². The minimum atomic E-state index is -0.228. The number of H-pyrrole nitrogens is 1. The third-order valence-electron chi connectivity index (χ3n) is 3.17. The SMILES string of the molecule is Cc1ccc2[nH]nc(C(=O)N(C)C(C)CO)c2c1. The molecule has 96 valence electrons. The number of likely N-dealkylation sites (N-methyl/N-ethyl adjacent to an activating group) is 1. The minimum Gasteiger partial charge on any atom is -0.394 e. The summed E-state index contributed by atoms with van der Waals surface area (Å²) in [5.74, 6) is -0.187. The Morgan fingerprint density at radius 2 is 2.28 bits per heavy atom. The molecule has 2 aromatic rings. The Morgan fingerprint density at radius 1 is 1.56 bits per heavy atom. The number of aromatic nitrogens is 2. The lowest BCUT2D eigenvalue weighted by Gasteiger charge is -2.22. The van der Waals surface area contributed by atoms with Gasteiger partial charge in [0.15, 0.2) is 5.69 Å². The van der Waals surface area contributed by atoms with E-state index in [0.717, 1.165) is 16.5 Å². The molecular weight excluding hydrogens is 230 g/mol. The van der Waals surface area contributed by atoms with Gasteiger partial charge in [-0.25, -0.2) is 0 Å². The van der Waals surface area contributed by atoms with Gasteiger partial charge in [-0.05, 0) is 26.0 Å². The maximum Gasteiger partial charge on any atom is 0.275 e. The van der Waals surface area contributed by atoms with E-state index in [-0.39, 0.29) is 18.6 Å². The van der Waals surface area contributed by atoms with Crippen molar-refractivity contribution in [2.45, 2.75) is 19.9 Å². The van der Waals surface area contributed by atoms with Gasteiger partial charge in [0.1, 0.15) is 0 Å². The average molecular weight is 247 g/mol. The molecule has 0 bridgehead atoms. The predicted octanol–water partition coefficient (Wildman–Crippen LogP) is 1.32. The van der Waals surface area contributed by atoms with E-state index in [0.29, 0.717) is 5.69 Å². The normalized spacial score (nSPS) is 12.7. The van der Waals surface area contributed by atoms with E-state index in [1.165, 1.54) is 4.90 Å². The van der Waals surface area contributed by atoms with Gasteiger partial charge in [-0.1, -0.05) is 11.6 Å². The fourth-order valence-corrected chi connectivity index (χ4v) is 1.78. The minimum absolute atomic E-state index is 0.0659. The number of carbonyl (C=O) groups excluding carboxylic acids is 1. The summed E-state index contributed by atoms with van der Waals surface area (Å²) in [6, 6.07) is 5.58. The summed E-state index contributed by atoms with van der Waals surface area (Å²) in [7, 11) is 1.67. The summed E-state index contributed by atoms with van der Waals surface area (Å²) in [6.07, 6.45) is 0. The molecule has 1 aromatic heterocycles. The van der Waals surface area contributed by atoms with E-state index in [1.54, 1.807) is 14.0 Å². The molecule has 1 amide bonds. The molecule has 0 saturated carbocycles. The van der Waals surface area contributed by atoms with E-state index < -0.39 is 0 Å². The molecule has 0 spiro atoms. The van der Waals surface area contributed by atoms with Crippen LogP contribution < -0.4 is 0 Å². The first-order valence-electron chi connectivity index (χ1n) is 5.87. The summed E-state index contributed by atoms with van der Waals surface area (Å²) in [5, 5.41) is 16.8. The molecule has 0 saturated heterocycles. The van der Waals surface area contributed by atoms with Gasteiger partial charge in [0, 0.05) is 12.4 Å². The van der Waals surface area contributed by atoms with Crippen molar-refractivity contribution in [3.63, 3.8) is 0 Å². The van der Waals surface area contributed by atoms with Gasteiger partial charge in [0.2, 0.25) is 0 Å². The molecule has 1 unspecified atom stereocenters. The van der Waals surface area contributed by atoms with Crippen LogP contribution in [-0.2, 0) is 0 Å². The van der Waals surface area contributed by atoms with E-state index in [2.05, 4.69) is 10.2 Å². The topological polar surface area (TPSA) is 69.2 Å². The third-order valence-corrected chi connectivity index (χ3v) is 3.17. The number of hydrogen-bond acceptors (Lipinski definition) is 3. The summed E-state index contributed by atoms with van der Waals surface area (Å²) in [6.45, 7) is 3.70. The zero-order valence-corrected chi connectivity index (χ0v) is 10.8. The Labute approximate surface area is 105 Å². The highest BCUT2D eigenvalue weighted by Crippen LogP contribution is 2.19. The quantitative estimate of drug-likeness (QED) is 0.859. The van der Waals surface area contributed by atoms with Crippen LogP contribution in [0.1, 0.15) is 23.0 Å². The van der Waals surface area contributed by atoms with Gasteiger partial charge < -0.3 is 10.0 Å². The number of amides is 1. The standard InChI is InChI=1S/C13H17N3O2/c1-8-4-5-11-10(6-8)12(15-14-11)13(18)16(3)9(2)7-17/h4-6,9,17H,7H2,1-3H3,(H,14,15). The number of rotatable bonds is 3. The number of aliphatic hydroxyl groups excluding tert-OH is 1. The maximum atomic E-state index is 12.3. The monoisotopic (exact) mass is 247 g/mol. The highest BCUT2D eigenvalue weighted by molar-refractivity contribution is 6.04. The van der Waals surface area contributed by atoms with Crippen molar-refractivity contribution in [2.75, 3.05) is 13.7 Å². The lowest BCUT2D eigenvalue weighted by atomic mass is 10.1. The van der Waals surface area contributed by atoms with Gasteiger partial charge in [0.05, 0.1) is 18.2 Å². The second-order valence-corrected chi connectivity index (χ2v) is 4.57. The Morgan fingerprint density at radius 3 is 2.94 bits per heavy atom. The summed E-state index contributed by atoms with van der Waals surface area (Å²) < 4.78 is 0. The molecular formula is C13H17N3O2. The first-order chi connectivity index (χ1) is 8.54. The number of hydrogen-bond donors (Lipinski definition) is 2. The lowest BCUT2D eigenvalue weighted by Crippen LogP contribution is -2.37. The Hall–Kier alpha value is -1.88. The van der Waals surface area contributed by atoms with Crippen LogP contribution >= 0.6 is 0 Å². The van der Waals surface area contributed by atoms with Gasteiger partial charge in [-0.2, -0.15) is 5.10 Å². The summed E-state index contributed by atoms with van der Waals surface area (Å²) >= 11 is 0. The average Bonchev–Trinajstić information content (AvgIpc) is 2.78. The van der Waals surface area contributed by atoms with Crippen LogP contribution in [0.2, 0.25) is 0 Å². The van der Waals surface area contributed by atoms with Crippen LogP contribution in [0.15, 0.2) is 18.2 Å². The third kappa shape index (κ3) is 2.09. The second-order valence-electron chi connectivity index (χ2n) is 4.57. The van der Waals surface area contributed by atoms with Crippen molar-refractivity contribution in [3.05, 3.63) is 29.5 Å². The van der Waals surface area contributed by atoms with Crippen molar-refractivity contribution in [1.82, 2.24) is 15.1 Å². The fraction of sp³-hybridized carbons (Fsp3) is 0.385. The van der Waals surface area contributed by atoms with Crippen molar-refractivity contribution in [2.24, 2.45) is 0 Å². The maximum absolute atomic E-state index is 12.3. The van der Waals surface area contributed by atoms with Crippen LogP contribution in [0.3, 0.4) is 0 Å². The summed E-state index contributed by atoms with van der Waals surface area (Å²) in [4.78, 5) is 13.8. The van der Waals surface area contributed by atoms with E-state index >= 15 is 0 Å². The number of carbonyl (C=O) groups is 1. The molecule has 5 heteroatoms. The van der Waals surface area contributed by atoms with E-state index in [4.69, 9.17) is 5.11 Å². The molecule has 0 aliphatic rings. The predicted molar refractivity (Wildman–Crippen MR) is 69.5 cm³/mol. The number of aryl methyl sites for hydroxylation is 1. The molecule has 2 rings (SSSR count). The molecule has 5 nitrogen and oxygen atoms in total. The van der Waals surface area contributed by atoms with Gasteiger partial charge in [-0.15, -0.1) is 0 Å². The van der Waals surface area contributed by atoms with Crippen LogP contribution in [0, 0.1) is 6.92 Å². The molecule has 1 atom stereocenters. The molecule has 0 fully saturated rings. The molecule has 18 heavy (non-hydrogen) atoms. The second kappa shape index (κ2) is 4.78. The van der Waals surface area contributed by atoms with E-state index in [1.807, 2.05) is 25.1 Å². The van der Waals surface area contributed by atoms with Crippen molar-refractivity contribution in [1.29, 1.82) is 0 Å². The molecule has 1 aromatic carbocycles. The highest BCUT2D eigenvalue weighted by atomic mass is 16.3. The van der Waals surface area contributed by atoms with Crippen molar-refractivity contribution >= 4 is 16.8 Å². The smallest absolute Gasteiger partial charge is 0.275 e. The zero-order chi connectivity index (χ0) is 13.3.